The van der Waals surface area contributed by atoms with E-state index in [0.29, 0.717) is 18.0 Å². The minimum absolute atomic E-state index is 0.107. The first-order valence-corrected chi connectivity index (χ1v) is 11.4. The Morgan fingerprint density at radius 3 is 2.91 bits per heavy atom. The highest BCUT2D eigenvalue weighted by Crippen LogP contribution is 2.31. The molecule has 0 unspecified atom stereocenters. The first-order valence-electron chi connectivity index (χ1n) is 11.4. The molecule has 7 nitrogen and oxygen atoms in total. The van der Waals surface area contributed by atoms with Crippen LogP contribution in [0.5, 0.6) is 5.75 Å². The van der Waals surface area contributed by atoms with Crippen LogP contribution in [0, 0.1) is 5.92 Å². The van der Waals surface area contributed by atoms with Gasteiger partial charge in [-0.3, -0.25) is 4.79 Å². The van der Waals surface area contributed by atoms with Crippen molar-refractivity contribution in [3.05, 3.63) is 72.2 Å². The Morgan fingerprint density at radius 1 is 1.27 bits per heavy atom. The van der Waals surface area contributed by atoms with E-state index < -0.39 is 0 Å². The van der Waals surface area contributed by atoms with Crippen LogP contribution in [-0.4, -0.2) is 42.6 Å². The molecule has 2 aromatic carbocycles. The molecule has 7 heteroatoms. The number of benzene rings is 2. The number of carbonyl (C=O) groups is 1. The van der Waals surface area contributed by atoms with E-state index in [0.717, 1.165) is 54.2 Å². The zero-order valence-electron chi connectivity index (χ0n) is 19.2. The number of methoxy groups -OCH3 is 1. The van der Waals surface area contributed by atoms with Gasteiger partial charge in [-0.1, -0.05) is 18.2 Å². The highest BCUT2D eigenvalue weighted by molar-refractivity contribution is 6.01. The Balaban J connectivity index is 1.65. The Kier molecular flexibility index (Phi) is 7.19. The molecule has 3 aromatic rings. The van der Waals surface area contributed by atoms with Gasteiger partial charge in [0.1, 0.15) is 12.1 Å². The van der Waals surface area contributed by atoms with Crippen LogP contribution in [0.15, 0.2) is 61.1 Å². The number of aromatic nitrogens is 2. The molecule has 2 atom stereocenters. The SMILES string of the molecule is COc1cccc([C@@H](C)NC(=O)c2ccc(-c3ccncn3)cc2N2CCC[C@H](CN)C2)c1. The van der Waals surface area contributed by atoms with Gasteiger partial charge in [0.25, 0.3) is 5.91 Å². The molecule has 3 N–H and O–H groups in total. The van der Waals surface area contributed by atoms with Crippen LogP contribution in [0.25, 0.3) is 11.3 Å². The fraction of sp³-hybridized carbons (Fsp3) is 0.346. The number of ether oxygens (including phenoxy) is 1. The summed E-state index contributed by atoms with van der Waals surface area (Å²) < 4.78 is 5.33. The summed E-state index contributed by atoms with van der Waals surface area (Å²) in [5.41, 5.74) is 10.3. The minimum Gasteiger partial charge on any atom is -0.497 e. The van der Waals surface area contributed by atoms with E-state index in [1.54, 1.807) is 13.3 Å². The molecule has 0 spiro atoms. The van der Waals surface area contributed by atoms with Crippen LogP contribution < -0.4 is 20.7 Å². The third-order valence-electron chi connectivity index (χ3n) is 6.25. The molecule has 0 aliphatic carbocycles. The average molecular weight is 446 g/mol. The van der Waals surface area contributed by atoms with Crippen molar-refractivity contribution in [2.24, 2.45) is 11.7 Å². The molecule has 1 saturated heterocycles. The second kappa shape index (κ2) is 10.4. The molecule has 1 aliphatic heterocycles. The van der Waals surface area contributed by atoms with Crippen molar-refractivity contribution in [3.63, 3.8) is 0 Å². The Hall–Kier alpha value is -3.45. The molecule has 0 radical (unpaired) electrons. The monoisotopic (exact) mass is 445 g/mol. The van der Waals surface area contributed by atoms with Crippen molar-refractivity contribution < 1.29 is 9.53 Å². The smallest absolute Gasteiger partial charge is 0.253 e. The largest absolute Gasteiger partial charge is 0.497 e. The molecule has 0 saturated carbocycles. The number of hydrogen-bond acceptors (Lipinski definition) is 6. The summed E-state index contributed by atoms with van der Waals surface area (Å²) in [7, 11) is 1.64. The Labute approximate surface area is 195 Å². The number of piperidine rings is 1. The van der Waals surface area contributed by atoms with Crippen molar-refractivity contribution in [3.8, 4) is 17.0 Å². The van der Waals surface area contributed by atoms with Crippen LogP contribution in [-0.2, 0) is 0 Å². The maximum absolute atomic E-state index is 13.4. The lowest BCUT2D eigenvalue weighted by molar-refractivity contribution is 0.0940. The zero-order chi connectivity index (χ0) is 23.2. The molecule has 172 valence electrons. The van der Waals surface area contributed by atoms with E-state index in [1.165, 1.54) is 6.33 Å². The molecule has 4 rings (SSSR count). The van der Waals surface area contributed by atoms with Gasteiger partial charge in [0.15, 0.2) is 0 Å². The highest BCUT2D eigenvalue weighted by Gasteiger charge is 2.24. The maximum atomic E-state index is 13.4. The van der Waals surface area contributed by atoms with Gasteiger partial charge in [-0.2, -0.15) is 0 Å². The van der Waals surface area contributed by atoms with E-state index in [9.17, 15) is 4.79 Å². The first-order chi connectivity index (χ1) is 16.1. The third kappa shape index (κ3) is 5.31. The lowest BCUT2D eigenvalue weighted by Gasteiger charge is -2.35. The number of hydrogen-bond donors (Lipinski definition) is 2. The van der Waals surface area contributed by atoms with E-state index in [1.807, 2.05) is 49.4 Å². The number of nitrogens with one attached hydrogen (secondary N) is 1. The molecular weight excluding hydrogens is 414 g/mol. The number of nitrogens with two attached hydrogens (primary N) is 1. The Morgan fingerprint density at radius 2 is 2.15 bits per heavy atom. The van der Waals surface area contributed by atoms with Crippen molar-refractivity contribution in [2.75, 3.05) is 31.6 Å². The second-order valence-corrected chi connectivity index (χ2v) is 8.49. The van der Waals surface area contributed by atoms with E-state index in [-0.39, 0.29) is 11.9 Å². The molecular formula is C26H31N5O2. The number of anilines is 1. The number of rotatable bonds is 7. The topological polar surface area (TPSA) is 93.4 Å². The third-order valence-corrected chi connectivity index (χ3v) is 6.25. The Bertz CT molecular complexity index is 1090. The molecule has 0 bridgehead atoms. The summed E-state index contributed by atoms with van der Waals surface area (Å²) in [5, 5.41) is 3.16. The summed E-state index contributed by atoms with van der Waals surface area (Å²) in [6.07, 6.45) is 5.44. The fourth-order valence-corrected chi connectivity index (χ4v) is 4.35. The summed E-state index contributed by atoms with van der Waals surface area (Å²) in [4.78, 5) is 24.1. The van der Waals surface area contributed by atoms with Gasteiger partial charge in [-0.25, -0.2) is 9.97 Å². The predicted octanol–water partition coefficient (Wildman–Crippen LogP) is 3.82. The van der Waals surface area contributed by atoms with Crippen molar-refractivity contribution >= 4 is 11.6 Å². The van der Waals surface area contributed by atoms with Gasteiger partial charge in [0.05, 0.1) is 30.1 Å². The van der Waals surface area contributed by atoms with Gasteiger partial charge in [-0.15, -0.1) is 0 Å². The molecule has 1 aromatic heterocycles. The van der Waals surface area contributed by atoms with Gasteiger partial charge in [0.2, 0.25) is 0 Å². The number of carbonyl (C=O) groups excluding carboxylic acids is 1. The lowest BCUT2D eigenvalue weighted by Crippen LogP contribution is -2.39. The molecule has 1 amide bonds. The summed E-state index contributed by atoms with van der Waals surface area (Å²) in [6.45, 7) is 4.37. The van der Waals surface area contributed by atoms with E-state index >= 15 is 0 Å². The predicted molar refractivity (Wildman–Crippen MR) is 130 cm³/mol. The molecule has 33 heavy (non-hydrogen) atoms. The normalized spacial score (nSPS) is 16.8. The van der Waals surface area contributed by atoms with Crippen LogP contribution in [0.3, 0.4) is 0 Å². The van der Waals surface area contributed by atoms with Crippen LogP contribution in [0.2, 0.25) is 0 Å². The maximum Gasteiger partial charge on any atom is 0.253 e. The van der Waals surface area contributed by atoms with E-state index in [4.69, 9.17) is 10.5 Å². The highest BCUT2D eigenvalue weighted by atomic mass is 16.5. The molecule has 1 aliphatic rings. The van der Waals surface area contributed by atoms with Gasteiger partial charge < -0.3 is 20.7 Å². The quantitative estimate of drug-likeness (QED) is 0.574. The van der Waals surface area contributed by atoms with Crippen molar-refractivity contribution in [1.82, 2.24) is 15.3 Å². The second-order valence-electron chi connectivity index (χ2n) is 8.49. The van der Waals surface area contributed by atoms with Crippen LogP contribution >= 0.6 is 0 Å². The fourth-order valence-electron chi connectivity index (χ4n) is 4.35. The summed E-state index contributed by atoms with van der Waals surface area (Å²) >= 11 is 0. The van der Waals surface area contributed by atoms with Gasteiger partial charge >= 0.3 is 0 Å². The van der Waals surface area contributed by atoms with Gasteiger partial charge in [-0.05, 0) is 68.1 Å². The average Bonchev–Trinajstić information content (AvgIpc) is 2.88. The number of nitrogens with zero attached hydrogens (tertiary/aromatic N) is 3. The minimum atomic E-state index is -0.167. The van der Waals surface area contributed by atoms with Crippen molar-refractivity contribution in [1.29, 1.82) is 0 Å². The lowest BCUT2D eigenvalue weighted by atomic mass is 9.96. The molecule has 1 fully saturated rings. The first kappa shape index (κ1) is 22.7. The standard InChI is InChI=1S/C26H31N5O2/c1-18(20-6-3-7-22(13-20)33-2)30-26(32)23-9-8-21(24-10-11-28-17-29-24)14-25(23)31-12-4-5-19(15-27)16-31/h3,6-11,13-14,17-19H,4-5,12,15-16,27H2,1-2H3,(H,30,32)/t18-,19-/m1/s1. The van der Waals surface area contributed by atoms with Crippen LogP contribution in [0.1, 0.15) is 41.7 Å². The van der Waals surface area contributed by atoms with E-state index in [2.05, 4.69) is 26.3 Å². The zero-order valence-corrected chi connectivity index (χ0v) is 19.2. The van der Waals surface area contributed by atoms with Crippen molar-refractivity contribution in [2.45, 2.75) is 25.8 Å². The molecule has 2 heterocycles. The summed E-state index contributed by atoms with van der Waals surface area (Å²) in [6, 6.07) is 15.4. The summed E-state index contributed by atoms with van der Waals surface area (Å²) in [5.74, 6) is 1.09. The van der Waals surface area contributed by atoms with Crippen LogP contribution in [0.4, 0.5) is 5.69 Å². The van der Waals surface area contributed by atoms with Gasteiger partial charge in [0, 0.05) is 24.8 Å². The number of amides is 1.